The SMILES string of the molecule is CCOC(=O)c1c(NC(=O)C2=Cc3cc(Cl)cc(OC)c3OC=C2)sc2c1CC[C@@H](C)C2. The molecule has 0 radical (unpaired) electrons. The van der Waals surface area contributed by atoms with Crippen LogP contribution in [0.2, 0.25) is 5.02 Å². The largest absolute Gasteiger partial charge is 0.493 e. The van der Waals surface area contributed by atoms with Gasteiger partial charge in [-0.15, -0.1) is 11.3 Å². The second kappa shape index (κ2) is 9.38. The molecule has 168 valence electrons. The summed E-state index contributed by atoms with van der Waals surface area (Å²) >= 11 is 7.65. The minimum Gasteiger partial charge on any atom is -0.493 e. The normalized spacial score (nSPS) is 16.8. The standard InChI is InChI=1S/C24H24ClNO5S/c1-4-30-24(28)20-17-6-5-13(2)9-19(17)32-23(20)26-22(27)14-7-8-31-21-15(10-14)11-16(25)12-18(21)29-3/h7-8,10-13H,4-6,9H2,1-3H3,(H,26,27)/t13-/m1/s1. The number of carbonyl (C=O) groups is 2. The Hall–Kier alpha value is -2.77. The van der Waals surface area contributed by atoms with E-state index in [1.807, 2.05) is 0 Å². The Bertz CT molecular complexity index is 1130. The molecular weight excluding hydrogens is 450 g/mol. The van der Waals surface area contributed by atoms with Gasteiger partial charge in [-0.25, -0.2) is 4.79 Å². The van der Waals surface area contributed by atoms with E-state index >= 15 is 0 Å². The van der Waals surface area contributed by atoms with Crippen molar-refractivity contribution in [3.63, 3.8) is 0 Å². The average Bonchev–Trinajstić information content (AvgIpc) is 2.95. The molecule has 1 aromatic heterocycles. The summed E-state index contributed by atoms with van der Waals surface area (Å²) in [4.78, 5) is 27.0. The summed E-state index contributed by atoms with van der Waals surface area (Å²) in [6.45, 7) is 4.25. The quantitative estimate of drug-likeness (QED) is 0.569. The number of carbonyl (C=O) groups excluding carboxylic acids is 2. The van der Waals surface area contributed by atoms with E-state index in [1.165, 1.54) is 24.7 Å². The molecule has 1 aromatic carbocycles. The average molecular weight is 474 g/mol. The van der Waals surface area contributed by atoms with E-state index in [4.69, 9.17) is 25.8 Å². The Morgan fingerprint density at radius 1 is 1.34 bits per heavy atom. The van der Waals surface area contributed by atoms with Gasteiger partial charge in [0, 0.05) is 27.1 Å². The van der Waals surface area contributed by atoms with Crippen molar-refractivity contribution in [2.45, 2.75) is 33.1 Å². The Balaban J connectivity index is 1.68. The fourth-order valence-corrected chi connectivity index (χ4v) is 5.55. The molecule has 4 rings (SSSR count). The molecule has 0 spiro atoms. The van der Waals surface area contributed by atoms with Gasteiger partial charge in [0.25, 0.3) is 5.91 Å². The molecular formula is C24H24ClNO5S. The lowest BCUT2D eigenvalue weighted by molar-refractivity contribution is -0.112. The van der Waals surface area contributed by atoms with Crippen LogP contribution in [0.1, 0.15) is 46.6 Å². The molecule has 1 N–H and O–H groups in total. The predicted octanol–water partition coefficient (Wildman–Crippen LogP) is 5.64. The van der Waals surface area contributed by atoms with Gasteiger partial charge < -0.3 is 19.5 Å². The molecule has 1 atom stereocenters. The lowest BCUT2D eigenvalue weighted by Gasteiger charge is -2.18. The topological polar surface area (TPSA) is 73.9 Å². The molecule has 2 heterocycles. The number of benzene rings is 1. The van der Waals surface area contributed by atoms with Gasteiger partial charge in [0.05, 0.1) is 25.5 Å². The van der Waals surface area contributed by atoms with Gasteiger partial charge >= 0.3 is 5.97 Å². The number of methoxy groups -OCH3 is 1. The number of thiophene rings is 1. The van der Waals surface area contributed by atoms with Crippen molar-refractivity contribution >= 4 is 45.9 Å². The Morgan fingerprint density at radius 2 is 2.16 bits per heavy atom. The zero-order chi connectivity index (χ0) is 22.8. The number of fused-ring (bicyclic) bond motifs is 2. The van der Waals surface area contributed by atoms with Crippen LogP contribution in [0.3, 0.4) is 0 Å². The van der Waals surface area contributed by atoms with Crippen LogP contribution in [0.5, 0.6) is 11.5 Å². The van der Waals surface area contributed by atoms with Gasteiger partial charge in [0.1, 0.15) is 5.00 Å². The van der Waals surface area contributed by atoms with Gasteiger partial charge in [0.15, 0.2) is 11.5 Å². The zero-order valence-corrected chi connectivity index (χ0v) is 19.7. The molecule has 1 amide bonds. The van der Waals surface area contributed by atoms with Crippen molar-refractivity contribution in [3.05, 3.63) is 56.6 Å². The van der Waals surface area contributed by atoms with Crippen LogP contribution < -0.4 is 14.8 Å². The van der Waals surface area contributed by atoms with Crippen LogP contribution in [0.4, 0.5) is 5.00 Å². The third kappa shape index (κ3) is 4.40. The highest BCUT2D eigenvalue weighted by molar-refractivity contribution is 7.17. The molecule has 0 saturated carbocycles. The number of amides is 1. The smallest absolute Gasteiger partial charge is 0.341 e. The summed E-state index contributed by atoms with van der Waals surface area (Å²) < 4.78 is 16.3. The monoisotopic (exact) mass is 473 g/mol. The zero-order valence-electron chi connectivity index (χ0n) is 18.1. The van der Waals surface area contributed by atoms with Crippen LogP contribution >= 0.6 is 22.9 Å². The Labute approximate surface area is 195 Å². The molecule has 0 unspecified atom stereocenters. The van der Waals surface area contributed by atoms with Crippen LogP contribution in [0, 0.1) is 5.92 Å². The number of anilines is 1. The second-order valence-electron chi connectivity index (χ2n) is 7.78. The van der Waals surface area contributed by atoms with Crippen LogP contribution in [0.25, 0.3) is 6.08 Å². The molecule has 1 aliphatic heterocycles. The van der Waals surface area contributed by atoms with Crippen molar-refractivity contribution in [2.75, 3.05) is 19.0 Å². The molecule has 1 aliphatic carbocycles. The number of esters is 1. The highest BCUT2D eigenvalue weighted by atomic mass is 35.5. The number of hydrogen-bond donors (Lipinski definition) is 1. The van der Waals surface area contributed by atoms with E-state index < -0.39 is 5.97 Å². The Morgan fingerprint density at radius 3 is 2.91 bits per heavy atom. The first-order valence-corrected chi connectivity index (χ1v) is 11.7. The summed E-state index contributed by atoms with van der Waals surface area (Å²) in [5, 5.41) is 3.92. The summed E-state index contributed by atoms with van der Waals surface area (Å²) in [7, 11) is 1.53. The van der Waals surface area contributed by atoms with Gasteiger partial charge in [0.2, 0.25) is 0 Å². The van der Waals surface area contributed by atoms with E-state index in [-0.39, 0.29) is 12.5 Å². The maximum Gasteiger partial charge on any atom is 0.341 e. The third-order valence-corrected chi connectivity index (χ3v) is 6.88. The van der Waals surface area contributed by atoms with Crippen LogP contribution in [-0.4, -0.2) is 25.6 Å². The van der Waals surface area contributed by atoms with Gasteiger partial charge in [-0.2, -0.15) is 0 Å². The van der Waals surface area contributed by atoms with Crippen molar-refractivity contribution < 1.29 is 23.8 Å². The molecule has 6 nitrogen and oxygen atoms in total. The molecule has 8 heteroatoms. The summed E-state index contributed by atoms with van der Waals surface area (Å²) in [5.74, 6) is 0.739. The molecule has 0 saturated heterocycles. The van der Waals surface area contributed by atoms with Gasteiger partial charge in [-0.05, 0) is 55.9 Å². The third-order valence-electron chi connectivity index (χ3n) is 5.49. The molecule has 0 bridgehead atoms. The van der Waals surface area contributed by atoms with Crippen LogP contribution in [-0.2, 0) is 22.4 Å². The highest BCUT2D eigenvalue weighted by Crippen LogP contribution is 2.41. The summed E-state index contributed by atoms with van der Waals surface area (Å²) in [6, 6.07) is 3.35. The van der Waals surface area contributed by atoms with Crippen molar-refractivity contribution in [2.24, 2.45) is 5.92 Å². The number of halogens is 1. The first-order valence-electron chi connectivity index (χ1n) is 10.5. The van der Waals surface area contributed by atoms with E-state index in [0.29, 0.717) is 44.1 Å². The fourth-order valence-electron chi connectivity index (χ4n) is 3.94. The number of rotatable bonds is 5. The number of hydrogen-bond acceptors (Lipinski definition) is 6. The predicted molar refractivity (Wildman–Crippen MR) is 126 cm³/mol. The molecule has 2 aliphatic rings. The van der Waals surface area contributed by atoms with Crippen LogP contribution in [0.15, 0.2) is 30.0 Å². The van der Waals surface area contributed by atoms with Gasteiger partial charge in [-0.1, -0.05) is 18.5 Å². The lowest BCUT2D eigenvalue weighted by Crippen LogP contribution is -2.17. The van der Waals surface area contributed by atoms with E-state index in [0.717, 1.165) is 29.7 Å². The summed E-state index contributed by atoms with van der Waals surface area (Å²) in [5.41, 5.74) is 2.46. The maximum absolute atomic E-state index is 13.2. The summed E-state index contributed by atoms with van der Waals surface area (Å²) in [6.07, 6.45) is 7.39. The second-order valence-corrected chi connectivity index (χ2v) is 9.32. The minimum atomic E-state index is -0.398. The first-order chi connectivity index (χ1) is 15.4. The highest BCUT2D eigenvalue weighted by Gasteiger charge is 2.29. The Kier molecular flexibility index (Phi) is 6.58. The number of ether oxygens (including phenoxy) is 3. The lowest BCUT2D eigenvalue weighted by atomic mass is 9.88. The van der Waals surface area contributed by atoms with Crippen molar-refractivity contribution in [1.29, 1.82) is 0 Å². The fraction of sp³-hybridized carbons (Fsp3) is 0.333. The van der Waals surface area contributed by atoms with Crippen molar-refractivity contribution in [1.82, 2.24) is 0 Å². The molecule has 32 heavy (non-hydrogen) atoms. The molecule has 2 aromatic rings. The molecule has 0 fully saturated rings. The van der Waals surface area contributed by atoms with Gasteiger partial charge in [-0.3, -0.25) is 4.79 Å². The van der Waals surface area contributed by atoms with E-state index in [2.05, 4.69) is 12.2 Å². The minimum absolute atomic E-state index is 0.276. The first kappa shape index (κ1) is 22.4. The van der Waals surface area contributed by atoms with E-state index in [1.54, 1.807) is 31.2 Å². The maximum atomic E-state index is 13.2. The van der Waals surface area contributed by atoms with E-state index in [9.17, 15) is 9.59 Å². The number of nitrogens with one attached hydrogen (secondary N) is 1. The van der Waals surface area contributed by atoms with Crippen molar-refractivity contribution in [3.8, 4) is 11.5 Å².